The van der Waals surface area contributed by atoms with Crippen LogP contribution in [0.25, 0.3) is 49.7 Å². The highest BCUT2D eigenvalue weighted by molar-refractivity contribution is 6.13. The molecule has 0 unspecified atom stereocenters. The molecule has 0 atom stereocenters. The molecule has 0 saturated heterocycles. The summed E-state index contributed by atoms with van der Waals surface area (Å²) in [6, 6.07) is 73.6. The molecule has 2 nitrogen and oxygen atoms in total. The highest BCUT2D eigenvalue weighted by atomic mass is 15.0. The second-order valence-electron chi connectivity index (χ2n) is 14.1. The summed E-state index contributed by atoms with van der Waals surface area (Å²) in [6.07, 6.45) is 0. The van der Waals surface area contributed by atoms with Crippen LogP contribution in [0, 0.1) is 0 Å². The van der Waals surface area contributed by atoms with Gasteiger partial charge in [0.2, 0.25) is 0 Å². The van der Waals surface area contributed by atoms with Gasteiger partial charge in [-0.1, -0.05) is 164 Å². The second-order valence-corrected chi connectivity index (χ2v) is 14.1. The molecule has 1 aromatic heterocycles. The fraction of sp³-hybridized carbons (Fsp3) is 0.0588. The summed E-state index contributed by atoms with van der Waals surface area (Å²) >= 11 is 0. The average molecular weight is 679 g/mol. The predicted molar refractivity (Wildman–Crippen MR) is 221 cm³/mol. The summed E-state index contributed by atoms with van der Waals surface area (Å²) in [5.74, 6) is 0. The van der Waals surface area contributed by atoms with Gasteiger partial charge in [0.15, 0.2) is 0 Å². The lowest BCUT2D eigenvalue weighted by molar-refractivity contribution is 0.693. The lowest BCUT2D eigenvalue weighted by Gasteiger charge is -2.34. The van der Waals surface area contributed by atoms with Crippen molar-refractivity contribution in [1.29, 1.82) is 0 Å². The van der Waals surface area contributed by atoms with E-state index < -0.39 is 5.41 Å². The number of hydrogen-bond acceptors (Lipinski definition) is 1. The van der Waals surface area contributed by atoms with Crippen LogP contribution >= 0.6 is 0 Å². The molecular weight excluding hydrogens is 641 g/mol. The molecular formula is C51H38N2. The van der Waals surface area contributed by atoms with E-state index in [9.17, 15) is 0 Å². The van der Waals surface area contributed by atoms with E-state index in [0.717, 1.165) is 18.8 Å². The maximum atomic E-state index is 3.67. The Balaban J connectivity index is 1.23. The number of benzene rings is 8. The maximum Gasteiger partial charge on any atom is 0.0714 e. The molecule has 53 heavy (non-hydrogen) atoms. The van der Waals surface area contributed by atoms with Gasteiger partial charge in [-0.15, -0.1) is 0 Å². The van der Waals surface area contributed by atoms with Gasteiger partial charge < -0.3 is 9.88 Å². The van der Waals surface area contributed by atoms with Crippen molar-refractivity contribution in [3.8, 4) is 27.9 Å². The Bertz CT molecular complexity index is 2690. The van der Waals surface area contributed by atoms with Crippen molar-refractivity contribution in [2.45, 2.75) is 18.5 Å². The minimum absolute atomic E-state index is 0.470. The van der Waals surface area contributed by atoms with E-state index in [1.807, 2.05) is 0 Å². The maximum absolute atomic E-state index is 3.67. The van der Waals surface area contributed by atoms with E-state index in [1.54, 1.807) is 0 Å². The summed E-state index contributed by atoms with van der Waals surface area (Å²) in [5.41, 5.74) is 15.9. The van der Waals surface area contributed by atoms with Crippen LogP contribution in [-0.2, 0) is 18.5 Å². The van der Waals surface area contributed by atoms with Crippen molar-refractivity contribution < 1.29 is 0 Å². The third kappa shape index (κ3) is 5.14. The molecule has 1 aliphatic rings. The fourth-order valence-corrected chi connectivity index (χ4v) is 8.79. The fourth-order valence-electron chi connectivity index (χ4n) is 8.79. The van der Waals surface area contributed by atoms with Gasteiger partial charge in [0.05, 0.1) is 16.4 Å². The van der Waals surface area contributed by atoms with E-state index in [0.29, 0.717) is 0 Å². The number of nitrogens with zero attached hydrogens (tertiary/aromatic N) is 1. The molecule has 0 spiro atoms. The van der Waals surface area contributed by atoms with Crippen molar-refractivity contribution in [2.24, 2.45) is 0 Å². The molecule has 1 aliphatic carbocycles. The van der Waals surface area contributed by atoms with Crippen LogP contribution in [0.2, 0.25) is 0 Å². The Kier molecular flexibility index (Phi) is 7.63. The van der Waals surface area contributed by atoms with E-state index in [4.69, 9.17) is 0 Å². The largest absolute Gasteiger partial charge is 0.309 e. The SMILES string of the molecule is c1ccc(CNCc2cccc(-n3c4ccc(-c5ccccc5)cc4c4cc5c(cc43)C(c3ccccc3)(c3ccccc3)c3ccccc3-5)c2)cc1. The zero-order chi connectivity index (χ0) is 35.2. The number of rotatable bonds is 8. The minimum Gasteiger partial charge on any atom is -0.309 e. The normalized spacial score (nSPS) is 12.9. The lowest BCUT2D eigenvalue weighted by atomic mass is 9.67. The third-order valence-electron chi connectivity index (χ3n) is 11.1. The standard InChI is InChI=1S/C51H38N2/c1-5-16-36(17-6-1)34-52-35-37-18-15-25-42(30-37)53-49-29-28-39(38-19-7-2-8-20-38)31-45(49)46-32-44-43-26-13-14-27-47(43)51(48(44)33-50(46)53,40-21-9-3-10-22-40)41-23-11-4-12-24-41/h1-33,52H,34-35H2. The number of nitrogens with one attached hydrogen (secondary N) is 1. The molecule has 2 heteroatoms. The molecule has 0 amide bonds. The number of fused-ring (bicyclic) bond motifs is 6. The molecule has 0 radical (unpaired) electrons. The topological polar surface area (TPSA) is 17.0 Å². The molecule has 0 bridgehead atoms. The van der Waals surface area contributed by atoms with Gasteiger partial charge in [0, 0.05) is 29.5 Å². The van der Waals surface area contributed by atoms with Crippen molar-refractivity contribution in [3.63, 3.8) is 0 Å². The Labute approximate surface area is 310 Å². The first-order chi connectivity index (χ1) is 26.3. The van der Waals surface area contributed by atoms with Crippen molar-refractivity contribution in [3.05, 3.63) is 234 Å². The van der Waals surface area contributed by atoms with Gasteiger partial charge in [0.1, 0.15) is 0 Å². The first-order valence-electron chi connectivity index (χ1n) is 18.5. The highest BCUT2D eigenvalue weighted by Crippen LogP contribution is 2.57. The van der Waals surface area contributed by atoms with Crippen LogP contribution in [0.1, 0.15) is 33.4 Å². The van der Waals surface area contributed by atoms with Crippen molar-refractivity contribution in [1.82, 2.24) is 9.88 Å². The monoisotopic (exact) mass is 678 g/mol. The smallest absolute Gasteiger partial charge is 0.0714 e. The van der Waals surface area contributed by atoms with Crippen molar-refractivity contribution in [2.75, 3.05) is 0 Å². The Hall–Kier alpha value is -6.48. The van der Waals surface area contributed by atoms with Gasteiger partial charge in [-0.25, -0.2) is 0 Å². The minimum atomic E-state index is -0.470. The summed E-state index contributed by atoms with van der Waals surface area (Å²) in [5, 5.41) is 6.19. The number of aromatic nitrogens is 1. The van der Waals surface area contributed by atoms with Crippen molar-refractivity contribution >= 4 is 21.8 Å². The Morgan fingerprint density at radius 1 is 0.396 bits per heavy atom. The summed E-state index contributed by atoms with van der Waals surface area (Å²) in [6.45, 7) is 1.62. The van der Waals surface area contributed by atoms with Gasteiger partial charge in [-0.3, -0.25) is 0 Å². The molecule has 252 valence electrons. The van der Waals surface area contributed by atoms with E-state index in [2.05, 4.69) is 210 Å². The molecule has 9 aromatic rings. The van der Waals surface area contributed by atoms with Gasteiger partial charge in [-0.05, 0) is 92.0 Å². The van der Waals surface area contributed by atoms with Gasteiger partial charge in [-0.2, -0.15) is 0 Å². The third-order valence-corrected chi connectivity index (χ3v) is 11.1. The summed E-state index contributed by atoms with van der Waals surface area (Å²) in [4.78, 5) is 0. The first kappa shape index (κ1) is 31.3. The van der Waals surface area contributed by atoms with E-state index in [1.165, 1.54) is 77.4 Å². The van der Waals surface area contributed by atoms with Crippen LogP contribution in [0.3, 0.4) is 0 Å². The lowest BCUT2D eigenvalue weighted by Crippen LogP contribution is -2.28. The van der Waals surface area contributed by atoms with Crippen LogP contribution in [-0.4, -0.2) is 4.57 Å². The predicted octanol–water partition coefficient (Wildman–Crippen LogP) is 12.1. The van der Waals surface area contributed by atoms with Crippen LogP contribution in [0.5, 0.6) is 0 Å². The van der Waals surface area contributed by atoms with E-state index in [-0.39, 0.29) is 0 Å². The second kappa shape index (κ2) is 12.9. The molecule has 0 saturated carbocycles. The molecule has 0 fully saturated rings. The first-order valence-corrected chi connectivity index (χ1v) is 18.5. The summed E-state index contributed by atoms with van der Waals surface area (Å²) < 4.78 is 2.49. The Morgan fingerprint density at radius 2 is 1.00 bits per heavy atom. The van der Waals surface area contributed by atoms with Crippen LogP contribution in [0.15, 0.2) is 200 Å². The molecule has 10 rings (SSSR count). The molecule has 8 aromatic carbocycles. The average Bonchev–Trinajstić information content (AvgIpc) is 3.71. The zero-order valence-corrected chi connectivity index (χ0v) is 29.4. The highest BCUT2D eigenvalue weighted by Gasteiger charge is 2.46. The number of hydrogen-bond donors (Lipinski definition) is 1. The Morgan fingerprint density at radius 3 is 1.74 bits per heavy atom. The van der Waals surface area contributed by atoms with Crippen LogP contribution in [0.4, 0.5) is 0 Å². The quantitative estimate of drug-likeness (QED) is 0.169. The molecule has 0 aliphatic heterocycles. The molecule has 1 heterocycles. The van der Waals surface area contributed by atoms with Gasteiger partial charge in [0.25, 0.3) is 0 Å². The van der Waals surface area contributed by atoms with Gasteiger partial charge >= 0.3 is 0 Å². The summed E-state index contributed by atoms with van der Waals surface area (Å²) in [7, 11) is 0. The van der Waals surface area contributed by atoms with Crippen LogP contribution < -0.4 is 5.32 Å². The molecule has 1 N–H and O–H groups in total. The van der Waals surface area contributed by atoms with E-state index >= 15 is 0 Å². The zero-order valence-electron chi connectivity index (χ0n) is 29.4.